The zero-order valence-corrected chi connectivity index (χ0v) is 15.2. The van der Waals surface area contributed by atoms with Crippen molar-refractivity contribution in [1.29, 1.82) is 0 Å². The van der Waals surface area contributed by atoms with Gasteiger partial charge in [0, 0.05) is 35.9 Å². The van der Waals surface area contributed by atoms with E-state index in [0.29, 0.717) is 17.9 Å². The average Bonchev–Trinajstić information content (AvgIpc) is 3.15. The third kappa shape index (κ3) is 3.97. The maximum atomic E-state index is 12.9. The van der Waals surface area contributed by atoms with Crippen molar-refractivity contribution in [2.45, 2.75) is 18.9 Å². The van der Waals surface area contributed by atoms with Gasteiger partial charge < -0.3 is 10.2 Å². The van der Waals surface area contributed by atoms with E-state index >= 15 is 0 Å². The van der Waals surface area contributed by atoms with Crippen LogP contribution in [0.5, 0.6) is 0 Å². The highest BCUT2D eigenvalue weighted by molar-refractivity contribution is 5.94. The molecule has 2 aromatic carbocycles. The van der Waals surface area contributed by atoms with Gasteiger partial charge >= 0.3 is 0 Å². The number of nitrogens with zero attached hydrogens (tertiary/aromatic N) is 5. The smallest absolute Gasteiger partial charge is 0.253 e. The van der Waals surface area contributed by atoms with Gasteiger partial charge in [-0.25, -0.2) is 0 Å². The van der Waals surface area contributed by atoms with Gasteiger partial charge in [-0.2, -0.15) is 4.80 Å². The van der Waals surface area contributed by atoms with Crippen LogP contribution >= 0.6 is 0 Å². The van der Waals surface area contributed by atoms with E-state index < -0.39 is 0 Å². The molecule has 1 fully saturated rings. The summed E-state index contributed by atoms with van der Waals surface area (Å²) in [7, 11) is 1.73. The van der Waals surface area contributed by atoms with E-state index in [-0.39, 0.29) is 11.9 Å². The van der Waals surface area contributed by atoms with E-state index in [1.807, 2.05) is 47.4 Å². The first-order chi connectivity index (χ1) is 13.2. The third-order valence-electron chi connectivity index (χ3n) is 4.75. The second kappa shape index (κ2) is 7.57. The standard InChI is InChI=1S/C20H22N6O/c1-25-23-19(22-24-25)15-9-11-16(12-10-15)20(27)26-13-5-8-18(14-26)21-17-6-3-2-4-7-17/h2-4,6-7,9-12,18,21H,5,8,13-14H2,1H3/t18-/m1/s1. The van der Waals surface area contributed by atoms with Crippen LogP contribution in [-0.2, 0) is 7.05 Å². The van der Waals surface area contributed by atoms with E-state index in [4.69, 9.17) is 0 Å². The Kier molecular flexibility index (Phi) is 4.82. The van der Waals surface area contributed by atoms with Crippen molar-refractivity contribution in [2.75, 3.05) is 18.4 Å². The Bertz CT molecular complexity index is 906. The molecular formula is C20H22N6O. The summed E-state index contributed by atoms with van der Waals surface area (Å²) in [4.78, 5) is 16.2. The van der Waals surface area contributed by atoms with Gasteiger partial charge in [-0.05, 0) is 42.3 Å². The van der Waals surface area contributed by atoms with Crippen molar-refractivity contribution in [3.8, 4) is 11.4 Å². The lowest BCUT2D eigenvalue weighted by molar-refractivity contribution is 0.0715. The average molecular weight is 362 g/mol. The number of anilines is 1. The monoisotopic (exact) mass is 362 g/mol. The van der Waals surface area contributed by atoms with Crippen LogP contribution in [0.4, 0.5) is 5.69 Å². The topological polar surface area (TPSA) is 75.9 Å². The number of benzene rings is 2. The first kappa shape index (κ1) is 17.2. The first-order valence-electron chi connectivity index (χ1n) is 9.14. The van der Waals surface area contributed by atoms with E-state index in [0.717, 1.165) is 30.6 Å². The summed E-state index contributed by atoms with van der Waals surface area (Å²) in [6.45, 7) is 1.50. The molecule has 1 amide bonds. The number of hydrogen-bond acceptors (Lipinski definition) is 5. The first-order valence-corrected chi connectivity index (χ1v) is 9.14. The lowest BCUT2D eigenvalue weighted by atomic mass is 10.0. The van der Waals surface area contributed by atoms with Gasteiger partial charge in [0.1, 0.15) is 0 Å². The largest absolute Gasteiger partial charge is 0.381 e. The van der Waals surface area contributed by atoms with E-state index in [2.05, 4.69) is 32.9 Å². The fourth-order valence-electron chi connectivity index (χ4n) is 3.39. The minimum absolute atomic E-state index is 0.0632. The number of likely N-dealkylation sites (tertiary alicyclic amines) is 1. The second-order valence-electron chi connectivity index (χ2n) is 6.78. The second-order valence-corrected chi connectivity index (χ2v) is 6.78. The number of rotatable bonds is 4. The van der Waals surface area contributed by atoms with Gasteiger partial charge in [0.15, 0.2) is 0 Å². The summed E-state index contributed by atoms with van der Waals surface area (Å²) < 4.78 is 0. The van der Waals surface area contributed by atoms with Crippen LogP contribution in [0.2, 0.25) is 0 Å². The molecule has 7 heteroatoms. The maximum absolute atomic E-state index is 12.9. The van der Waals surface area contributed by atoms with Crippen LogP contribution in [-0.4, -0.2) is 50.1 Å². The van der Waals surface area contributed by atoms with Crippen molar-refractivity contribution in [3.63, 3.8) is 0 Å². The molecule has 0 spiro atoms. The molecule has 1 aliphatic heterocycles. The number of carbonyl (C=O) groups excluding carboxylic acids is 1. The molecule has 0 bridgehead atoms. The minimum Gasteiger partial charge on any atom is -0.381 e. The molecule has 0 unspecified atom stereocenters. The molecule has 1 aliphatic rings. The van der Waals surface area contributed by atoms with Crippen LogP contribution in [0.15, 0.2) is 54.6 Å². The molecule has 0 radical (unpaired) electrons. The van der Waals surface area contributed by atoms with E-state index in [1.165, 1.54) is 4.80 Å². The number of tetrazole rings is 1. The number of para-hydroxylation sites is 1. The number of amides is 1. The molecule has 1 atom stereocenters. The molecule has 27 heavy (non-hydrogen) atoms. The van der Waals surface area contributed by atoms with Crippen LogP contribution in [0, 0.1) is 0 Å². The third-order valence-corrected chi connectivity index (χ3v) is 4.75. The number of piperidine rings is 1. The van der Waals surface area contributed by atoms with Crippen LogP contribution in [0.3, 0.4) is 0 Å². The fourth-order valence-corrected chi connectivity index (χ4v) is 3.39. The molecule has 0 aliphatic carbocycles. The van der Waals surface area contributed by atoms with Gasteiger partial charge in [-0.3, -0.25) is 4.79 Å². The van der Waals surface area contributed by atoms with Crippen molar-refractivity contribution in [2.24, 2.45) is 7.05 Å². The fraction of sp³-hybridized carbons (Fsp3) is 0.300. The quantitative estimate of drug-likeness (QED) is 0.772. The molecular weight excluding hydrogens is 340 g/mol. The Balaban J connectivity index is 1.42. The Morgan fingerprint density at radius 1 is 1.11 bits per heavy atom. The van der Waals surface area contributed by atoms with Gasteiger partial charge in [-0.1, -0.05) is 30.3 Å². The van der Waals surface area contributed by atoms with Gasteiger partial charge in [0.25, 0.3) is 5.91 Å². The Morgan fingerprint density at radius 3 is 2.59 bits per heavy atom. The normalized spacial score (nSPS) is 16.9. The Hall–Kier alpha value is -3.22. The Morgan fingerprint density at radius 2 is 1.89 bits per heavy atom. The van der Waals surface area contributed by atoms with Gasteiger partial charge in [-0.15, -0.1) is 10.2 Å². The van der Waals surface area contributed by atoms with Crippen molar-refractivity contribution in [3.05, 3.63) is 60.2 Å². The summed E-state index contributed by atoms with van der Waals surface area (Å²) in [5.41, 5.74) is 2.63. The molecule has 1 N–H and O–H groups in total. The van der Waals surface area contributed by atoms with E-state index in [1.54, 1.807) is 7.05 Å². The molecule has 3 aromatic rings. The van der Waals surface area contributed by atoms with Crippen molar-refractivity contribution < 1.29 is 4.79 Å². The summed E-state index contributed by atoms with van der Waals surface area (Å²) in [6, 6.07) is 17.8. The Labute approximate surface area is 158 Å². The molecule has 4 rings (SSSR count). The van der Waals surface area contributed by atoms with Gasteiger partial charge in [0.2, 0.25) is 5.82 Å². The highest BCUT2D eigenvalue weighted by atomic mass is 16.2. The zero-order chi connectivity index (χ0) is 18.6. The lowest BCUT2D eigenvalue weighted by Crippen LogP contribution is -2.45. The van der Waals surface area contributed by atoms with Crippen LogP contribution in [0.25, 0.3) is 11.4 Å². The summed E-state index contributed by atoms with van der Waals surface area (Å²) in [6.07, 6.45) is 2.06. The molecule has 0 saturated carbocycles. The molecule has 1 aromatic heterocycles. The number of aryl methyl sites for hydroxylation is 1. The van der Waals surface area contributed by atoms with Crippen LogP contribution < -0.4 is 5.32 Å². The highest BCUT2D eigenvalue weighted by Gasteiger charge is 2.24. The summed E-state index contributed by atoms with van der Waals surface area (Å²) >= 11 is 0. The molecule has 1 saturated heterocycles. The number of nitrogens with one attached hydrogen (secondary N) is 1. The lowest BCUT2D eigenvalue weighted by Gasteiger charge is -2.33. The SMILES string of the molecule is Cn1nnc(-c2ccc(C(=O)N3CCC[C@@H](Nc4ccccc4)C3)cc2)n1. The van der Waals surface area contributed by atoms with E-state index in [9.17, 15) is 4.79 Å². The van der Waals surface area contributed by atoms with Gasteiger partial charge in [0.05, 0.1) is 7.05 Å². The maximum Gasteiger partial charge on any atom is 0.253 e. The predicted octanol–water partition coefficient (Wildman–Crippen LogP) is 2.59. The molecule has 7 nitrogen and oxygen atoms in total. The summed E-state index contributed by atoms with van der Waals surface area (Å²) in [5.74, 6) is 0.620. The molecule has 2 heterocycles. The minimum atomic E-state index is 0.0632. The summed E-state index contributed by atoms with van der Waals surface area (Å²) in [5, 5.41) is 15.6. The highest BCUT2D eigenvalue weighted by Crippen LogP contribution is 2.20. The predicted molar refractivity (Wildman–Crippen MR) is 103 cm³/mol. The van der Waals surface area contributed by atoms with Crippen molar-refractivity contribution in [1.82, 2.24) is 25.1 Å². The van der Waals surface area contributed by atoms with Crippen molar-refractivity contribution >= 4 is 11.6 Å². The van der Waals surface area contributed by atoms with Crippen LogP contribution in [0.1, 0.15) is 23.2 Å². The zero-order valence-electron chi connectivity index (χ0n) is 15.2. The number of carbonyl (C=O) groups is 1. The molecule has 138 valence electrons. The number of aromatic nitrogens is 4. The number of hydrogen-bond donors (Lipinski definition) is 1.